The zero-order chi connectivity index (χ0) is 17.5. The van der Waals surface area contributed by atoms with Crippen molar-refractivity contribution in [2.45, 2.75) is 20.3 Å². The molecule has 7 heteroatoms. The topological polar surface area (TPSA) is 83.4 Å². The van der Waals surface area contributed by atoms with E-state index in [1.54, 1.807) is 36.4 Å². The van der Waals surface area contributed by atoms with Gasteiger partial charge in [0.1, 0.15) is 0 Å². The highest BCUT2D eigenvalue weighted by Gasteiger charge is 2.10. The fourth-order valence-corrected chi connectivity index (χ4v) is 2.17. The average Bonchev–Trinajstić information content (AvgIpc) is 3.02. The number of hydrogen-bond donors (Lipinski definition) is 3. The van der Waals surface area contributed by atoms with Crippen LogP contribution in [0.4, 0.5) is 11.4 Å². The number of thiocarbonyl (C=S) groups is 1. The largest absolute Gasteiger partial charge is 0.459 e. The molecule has 1 aromatic heterocycles. The Labute approximate surface area is 145 Å². The third kappa shape index (κ3) is 5.51. The fourth-order valence-electron chi connectivity index (χ4n) is 1.95. The van der Waals surface area contributed by atoms with E-state index in [1.807, 2.05) is 13.8 Å². The lowest BCUT2D eigenvalue weighted by Gasteiger charge is -2.10. The van der Waals surface area contributed by atoms with Crippen LogP contribution in [-0.4, -0.2) is 16.9 Å². The van der Waals surface area contributed by atoms with Crippen molar-refractivity contribution in [3.8, 4) is 0 Å². The molecule has 0 saturated heterocycles. The molecule has 0 bridgehead atoms. The molecule has 1 aromatic carbocycles. The molecule has 1 heterocycles. The van der Waals surface area contributed by atoms with Gasteiger partial charge in [0, 0.05) is 17.8 Å². The van der Waals surface area contributed by atoms with E-state index in [0.29, 0.717) is 23.7 Å². The molecule has 0 aliphatic rings. The standard InChI is InChI=1S/C17H19N3O3S/c1-11(2)10-15(21)18-12-5-7-13(8-6-12)19-17(24)20-16(22)14-4-3-9-23-14/h3-9,11H,10H2,1-2H3,(H,18,21)(H2,19,20,22,24). The van der Waals surface area contributed by atoms with Gasteiger partial charge >= 0.3 is 0 Å². The minimum atomic E-state index is -0.421. The number of anilines is 2. The SMILES string of the molecule is CC(C)CC(=O)Nc1ccc(NC(=S)NC(=O)c2ccco2)cc1. The van der Waals surface area contributed by atoms with Crippen LogP contribution >= 0.6 is 12.2 Å². The molecule has 126 valence electrons. The van der Waals surface area contributed by atoms with Crippen LogP contribution in [0.15, 0.2) is 47.1 Å². The average molecular weight is 345 g/mol. The highest BCUT2D eigenvalue weighted by molar-refractivity contribution is 7.80. The Morgan fingerprint density at radius 2 is 1.71 bits per heavy atom. The highest BCUT2D eigenvalue weighted by atomic mass is 32.1. The Hall–Kier alpha value is -2.67. The molecule has 0 radical (unpaired) electrons. The van der Waals surface area contributed by atoms with Gasteiger partial charge in [-0.15, -0.1) is 0 Å². The van der Waals surface area contributed by atoms with E-state index in [2.05, 4.69) is 16.0 Å². The molecular weight excluding hydrogens is 326 g/mol. The lowest BCUT2D eigenvalue weighted by atomic mass is 10.1. The predicted octanol–water partition coefficient (Wildman–Crippen LogP) is 3.39. The molecule has 2 amide bonds. The molecule has 0 aliphatic carbocycles. The van der Waals surface area contributed by atoms with Gasteiger partial charge in [0.05, 0.1) is 6.26 Å². The first-order valence-electron chi connectivity index (χ1n) is 7.50. The van der Waals surface area contributed by atoms with E-state index in [-0.39, 0.29) is 16.8 Å². The Morgan fingerprint density at radius 1 is 1.08 bits per heavy atom. The van der Waals surface area contributed by atoms with Gasteiger partial charge in [-0.25, -0.2) is 0 Å². The summed E-state index contributed by atoms with van der Waals surface area (Å²) in [6, 6.07) is 10.2. The second kappa shape index (κ2) is 8.26. The van der Waals surface area contributed by atoms with Crippen molar-refractivity contribution in [1.82, 2.24) is 5.32 Å². The maximum absolute atomic E-state index is 11.8. The van der Waals surface area contributed by atoms with E-state index in [9.17, 15) is 9.59 Å². The number of benzene rings is 1. The number of nitrogens with one attached hydrogen (secondary N) is 3. The molecule has 0 spiro atoms. The number of rotatable bonds is 5. The third-order valence-electron chi connectivity index (χ3n) is 2.99. The predicted molar refractivity (Wildman–Crippen MR) is 96.9 cm³/mol. The molecule has 6 nitrogen and oxygen atoms in total. The van der Waals surface area contributed by atoms with Crippen LogP contribution in [0.5, 0.6) is 0 Å². The summed E-state index contributed by atoms with van der Waals surface area (Å²) in [4.78, 5) is 23.5. The minimum Gasteiger partial charge on any atom is -0.459 e. The molecule has 2 aromatic rings. The van der Waals surface area contributed by atoms with Gasteiger partial charge in [-0.1, -0.05) is 13.8 Å². The van der Waals surface area contributed by atoms with E-state index in [4.69, 9.17) is 16.6 Å². The van der Waals surface area contributed by atoms with Gasteiger partial charge in [0.25, 0.3) is 5.91 Å². The van der Waals surface area contributed by atoms with Crippen LogP contribution in [0.3, 0.4) is 0 Å². The molecule has 24 heavy (non-hydrogen) atoms. The normalized spacial score (nSPS) is 10.3. The second-order valence-corrected chi connectivity index (χ2v) is 6.02. The first-order valence-corrected chi connectivity index (χ1v) is 7.90. The molecule has 2 rings (SSSR count). The Bertz CT molecular complexity index is 709. The summed E-state index contributed by atoms with van der Waals surface area (Å²) in [7, 11) is 0. The summed E-state index contributed by atoms with van der Waals surface area (Å²) < 4.78 is 4.99. The first kappa shape index (κ1) is 17.7. The van der Waals surface area contributed by atoms with Gasteiger partial charge < -0.3 is 15.1 Å². The minimum absolute atomic E-state index is 0.0214. The van der Waals surface area contributed by atoms with Gasteiger partial charge in [0.15, 0.2) is 10.9 Å². The Morgan fingerprint density at radius 3 is 2.25 bits per heavy atom. The monoisotopic (exact) mass is 345 g/mol. The van der Waals surface area contributed by atoms with Crippen LogP contribution in [0, 0.1) is 5.92 Å². The molecule has 0 unspecified atom stereocenters. The third-order valence-corrected chi connectivity index (χ3v) is 3.20. The number of carbonyl (C=O) groups is 2. The number of amides is 2. The van der Waals surface area contributed by atoms with Crippen LogP contribution < -0.4 is 16.0 Å². The van der Waals surface area contributed by atoms with E-state index in [1.165, 1.54) is 6.26 Å². The van der Waals surface area contributed by atoms with Crippen LogP contribution in [0.25, 0.3) is 0 Å². The molecular formula is C17H19N3O3S. The number of hydrogen-bond acceptors (Lipinski definition) is 4. The van der Waals surface area contributed by atoms with Crippen molar-refractivity contribution in [2.24, 2.45) is 5.92 Å². The van der Waals surface area contributed by atoms with Crippen molar-refractivity contribution in [1.29, 1.82) is 0 Å². The van der Waals surface area contributed by atoms with E-state index < -0.39 is 5.91 Å². The summed E-state index contributed by atoms with van der Waals surface area (Å²) >= 11 is 5.08. The number of carbonyl (C=O) groups excluding carboxylic acids is 2. The van der Waals surface area contributed by atoms with Gasteiger partial charge in [-0.2, -0.15) is 0 Å². The van der Waals surface area contributed by atoms with Crippen LogP contribution in [-0.2, 0) is 4.79 Å². The quantitative estimate of drug-likeness (QED) is 0.724. The number of furan rings is 1. The molecule has 0 atom stereocenters. The van der Waals surface area contributed by atoms with Crippen molar-refractivity contribution in [2.75, 3.05) is 10.6 Å². The summed E-state index contributed by atoms with van der Waals surface area (Å²) in [6.45, 7) is 3.98. The van der Waals surface area contributed by atoms with Crippen LogP contribution in [0.1, 0.15) is 30.8 Å². The van der Waals surface area contributed by atoms with Gasteiger partial charge in [-0.3, -0.25) is 14.9 Å². The summed E-state index contributed by atoms with van der Waals surface area (Å²) in [5.74, 6) is 0.0467. The van der Waals surface area contributed by atoms with Crippen molar-refractivity contribution in [3.63, 3.8) is 0 Å². The van der Waals surface area contributed by atoms with Crippen molar-refractivity contribution in [3.05, 3.63) is 48.4 Å². The molecule has 0 fully saturated rings. The lowest BCUT2D eigenvalue weighted by molar-refractivity contribution is -0.116. The van der Waals surface area contributed by atoms with Gasteiger partial charge in [0.2, 0.25) is 5.91 Å². The second-order valence-electron chi connectivity index (χ2n) is 5.61. The smallest absolute Gasteiger partial charge is 0.293 e. The highest BCUT2D eigenvalue weighted by Crippen LogP contribution is 2.14. The Balaban J connectivity index is 1.86. The summed E-state index contributed by atoms with van der Waals surface area (Å²) in [6.07, 6.45) is 1.89. The molecule has 0 saturated carbocycles. The first-order chi connectivity index (χ1) is 11.4. The summed E-state index contributed by atoms with van der Waals surface area (Å²) in [5, 5.41) is 8.39. The Kier molecular flexibility index (Phi) is 6.08. The lowest BCUT2D eigenvalue weighted by Crippen LogP contribution is -2.33. The molecule has 3 N–H and O–H groups in total. The van der Waals surface area contributed by atoms with Crippen molar-refractivity contribution >= 4 is 40.5 Å². The van der Waals surface area contributed by atoms with Gasteiger partial charge in [-0.05, 0) is 54.5 Å². The van der Waals surface area contributed by atoms with Crippen LogP contribution in [0.2, 0.25) is 0 Å². The van der Waals surface area contributed by atoms with E-state index >= 15 is 0 Å². The summed E-state index contributed by atoms with van der Waals surface area (Å²) in [5.41, 5.74) is 1.40. The van der Waals surface area contributed by atoms with Crippen molar-refractivity contribution < 1.29 is 14.0 Å². The fraction of sp³-hybridized carbons (Fsp3) is 0.235. The maximum atomic E-state index is 11.8. The van der Waals surface area contributed by atoms with E-state index in [0.717, 1.165) is 0 Å². The molecule has 0 aliphatic heterocycles. The zero-order valence-corrected chi connectivity index (χ0v) is 14.3. The maximum Gasteiger partial charge on any atom is 0.293 e. The zero-order valence-electron chi connectivity index (χ0n) is 13.5.